The number of rotatable bonds is 2. The van der Waals surface area contributed by atoms with Gasteiger partial charge in [0.25, 0.3) is 0 Å². The molecule has 0 atom stereocenters. The van der Waals surface area contributed by atoms with Crippen LogP contribution in [0.2, 0.25) is 0 Å². The molecule has 0 heterocycles. The van der Waals surface area contributed by atoms with Crippen molar-refractivity contribution in [3.05, 3.63) is 170 Å². The minimum Gasteiger partial charge on any atom is -0.0616 e. The first-order valence-corrected chi connectivity index (χ1v) is 16.0. The van der Waals surface area contributed by atoms with Crippen LogP contribution >= 0.6 is 0 Å². The van der Waals surface area contributed by atoms with E-state index in [1.54, 1.807) is 0 Å². The van der Waals surface area contributed by atoms with Gasteiger partial charge in [0.15, 0.2) is 0 Å². The van der Waals surface area contributed by atoms with Crippen molar-refractivity contribution in [2.45, 2.75) is 0 Å². The van der Waals surface area contributed by atoms with Gasteiger partial charge in [-0.15, -0.1) is 0 Å². The predicted molar refractivity (Wildman–Crippen MR) is 200 cm³/mol. The van der Waals surface area contributed by atoms with E-state index in [2.05, 4.69) is 170 Å². The number of fused-ring (bicyclic) bond motifs is 9. The molecule has 0 unspecified atom stereocenters. The molecule has 0 amide bonds. The van der Waals surface area contributed by atoms with Gasteiger partial charge < -0.3 is 0 Å². The van der Waals surface area contributed by atoms with Crippen molar-refractivity contribution in [1.82, 2.24) is 0 Å². The molecule has 10 aromatic rings. The van der Waals surface area contributed by atoms with E-state index in [9.17, 15) is 0 Å². The molecule has 0 radical (unpaired) electrons. The van der Waals surface area contributed by atoms with Crippen LogP contribution in [0.5, 0.6) is 0 Å². The normalized spacial score (nSPS) is 11.9. The van der Waals surface area contributed by atoms with Gasteiger partial charge in [0.1, 0.15) is 0 Å². The highest BCUT2D eigenvalue weighted by molar-refractivity contribution is 6.13. The maximum Gasteiger partial charge on any atom is -0.00990 e. The van der Waals surface area contributed by atoms with Crippen molar-refractivity contribution in [2.24, 2.45) is 0 Å². The summed E-state index contributed by atoms with van der Waals surface area (Å²) in [6.07, 6.45) is 0. The third-order valence-corrected chi connectivity index (χ3v) is 9.91. The maximum absolute atomic E-state index is 2.35. The van der Waals surface area contributed by atoms with Crippen molar-refractivity contribution in [3.63, 3.8) is 0 Å². The van der Waals surface area contributed by atoms with E-state index in [1.165, 1.54) is 97.7 Å². The predicted octanol–water partition coefficient (Wildman–Crippen LogP) is 13.1. The quantitative estimate of drug-likeness (QED) is 0.141. The first kappa shape index (κ1) is 25.4. The molecule has 0 nitrogen and oxygen atoms in total. The number of benzene rings is 10. The Morgan fingerprint density at radius 1 is 0.174 bits per heavy atom. The number of hydrogen-bond donors (Lipinski definition) is 0. The van der Waals surface area contributed by atoms with Crippen molar-refractivity contribution < 1.29 is 0 Å². The van der Waals surface area contributed by atoms with Crippen LogP contribution in [0.25, 0.3) is 97.7 Å². The third kappa shape index (κ3) is 4.01. The average molecular weight is 581 g/mol. The standard InChI is InChI=1S/C46H28/c1-3-7-43-30(5-1)11-19-38-25-41-23-34(15-17-36(41)27-45(38)43)32-13-9-29-10-14-33(22-40(29)21-32)35-16-18-37-28-46-39(26-42(37)24-35)20-12-31-6-2-4-8-44(31)46/h1-28H. The summed E-state index contributed by atoms with van der Waals surface area (Å²) >= 11 is 0. The second-order valence-corrected chi connectivity index (χ2v) is 12.6. The van der Waals surface area contributed by atoms with Crippen LogP contribution < -0.4 is 0 Å². The molecule has 0 saturated heterocycles. The zero-order chi connectivity index (χ0) is 30.2. The average Bonchev–Trinajstić information content (AvgIpc) is 3.12. The zero-order valence-corrected chi connectivity index (χ0v) is 25.2. The van der Waals surface area contributed by atoms with E-state index >= 15 is 0 Å². The fraction of sp³-hybridized carbons (Fsp3) is 0. The van der Waals surface area contributed by atoms with Crippen molar-refractivity contribution in [1.29, 1.82) is 0 Å². The Morgan fingerprint density at radius 3 is 0.978 bits per heavy atom. The molecule has 0 fully saturated rings. The Bertz CT molecular complexity index is 2660. The smallest absolute Gasteiger partial charge is 0.00990 e. The molecule has 10 rings (SSSR count). The highest BCUT2D eigenvalue weighted by atomic mass is 14.1. The highest BCUT2D eigenvalue weighted by Gasteiger charge is 2.09. The van der Waals surface area contributed by atoms with Gasteiger partial charge in [0.2, 0.25) is 0 Å². The van der Waals surface area contributed by atoms with Gasteiger partial charge in [0.05, 0.1) is 0 Å². The van der Waals surface area contributed by atoms with E-state index in [0.29, 0.717) is 0 Å². The van der Waals surface area contributed by atoms with E-state index in [0.717, 1.165) is 0 Å². The van der Waals surface area contributed by atoms with Crippen LogP contribution in [0.15, 0.2) is 170 Å². The molecule has 46 heavy (non-hydrogen) atoms. The van der Waals surface area contributed by atoms with E-state index in [4.69, 9.17) is 0 Å². The molecule has 10 aromatic carbocycles. The lowest BCUT2D eigenvalue weighted by molar-refractivity contribution is 1.66. The molecule has 0 aliphatic rings. The lowest BCUT2D eigenvalue weighted by atomic mass is 9.93. The summed E-state index contributed by atoms with van der Waals surface area (Å²) in [6, 6.07) is 63.1. The van der Waals surface area contributed by atoms with Crippen LogP contribution in [0.1, 0.15) is 0 Å². The van der Waals surface area contributed by atoms with Gasteiger partial charge >= 0.3 is 0 Å². The first-order valence-electron chi connectivity index (χ1n) is 16.0. The SMILES string of the molecule is c1ccc2c(c1)ccc1cc3cc(-c4ccc5ccc(-c6ccc7cc8c(ccc9ccccc98)cc7c6)cc5c4)ccc3cc12. The Labute approximate surface area is 266 Å². The van der Waals surface area contributed by atoms with Gasteiger partial charge in [-0.3, -0.25) is 0 Å². The molecule has 0 saturated carbocycles. The lowest BCUT2D eigenvalue weighted by Gasteiger charge is -2.11. The van der Waals surface area contributed by atoms with Crippen molar-refractivity contribution >= 4 is 75.4 Å². The van der Waals surface area contributed by atoms with Gasteiger partial charge in [0, 0.05) is 0 Å². The second kappa shape index (κ2) is 9.76. The Balaban J connectivity index is 1.05. The minimum atomic E-state index is 1.24. The maximum atomic E-state index is 2.35. The van der Waals surface area contributed by atoms with Crippen LogP contribution in [0, 0.1) is 0 Å². The molecular formula is C46H28. The Hall–Kier alpha value is -5.98. The fourth-order valence-corrected chi connectivity index (χ4v) is 7.47. The van der Waals surface area contributed by atoms with Crippen LogP contribution in [-0.2, 0) is 0 Å². The molecule has 0 bridgehead atoms. The summed E-state index contributed by atoms with van der Waals surface area (Å²) in [7, 11) is 0. The molecule has 0 spiro atoms. The number of hydrogen-bond acceptors (Lipinski definition) is 0. The molecule has 0 aliphatic carbocycles. The summed E-state index contributed by atoms with van der Waals surface area (Å²) in [5.41, 5.74) is 4.96. The Kier molecular flexibility index (Phi) is 5.38. The zero-order valence-electron chi connectivity index (χ0n) is 25.2. The van der Waals surface area contributed by atoms with Crippen molar-refractivity contribution in [2.75, 3.05) is 0 Å². The van der Waals surface area contributed by atoms with Gasteiger partial charge in [-0.25, -0.2) is 0 Å². The molecule has 212 valence electrons. The van der Waals surface area contributed by atoms with Gasteiger partial charge in [-0.1, -0.05) is 121 Å². The minimum absolute atomic E-state index is 1.24. The fourth-order valence-electron chi connectivity index (χ4n) is 7.47. The van der Waals surface area contributed by atoms with Crippen LogP contribution in [0.3, 0.4) is 0 Å². The summed E-state index contributed by atoms with van der Waals surface area (Å²) < 4.78 is 0. The first-order chi connectivity index (χ1) is 22.7. The topological polar surface area (TPSA) is 0 Å². The summed E-state index contributed by atoms with van der Waals surface area (Å²) in [5, 5.41) is 18.0. The third-order valence-electron chi connectivity index (χ3n) is 9.91. The lowest BCUT2D eigenvalue weighted by Crippen LogP contribution is -1.84. The molecule has 0 aromatic heterocycles. The highest BCUT2D eigenvalue weighted by Crippen LogP contribution is 2.35. The van der Waals surface area contributed by atoms with Crippen molar-refractivity contribution in [3.8, 4) is 22.3 Å². The Morgan fingerprint density at radius 2 is 0.522 bits per heavy atom. The molecule has 0 N–H and O–H groups in total. The second-order valence-electron chi connectivity index (χ2n) is 12.6. The van der Waals surface area contributed by atoms with Crippen LogP contribution in [0.4, 0.5) is 0 Å². The molecular weight excluding hydrogens is 553 g/mol. The summed E-state index contributed by atoms with van der Waals surface area (Å²) in [4.78, 5) is 0. The van der Waals surface area contributed by atoms with Crippen LogP contribution in [-0.4, -0.2) is 0 Å². The monoisotopic (exact) mass is 580 g/mol. The molecule has 0 aliphatic heterocycles. The van der Waals surface area contributed by atoms with E-state index < -0.39 is 0 Å². The van der Waals surface area contributed by atoms with E-state index in [1.807, 2.05) is 0 Å². The summed E-state index contributed by atoms with van der Waals surface area (Å²) in [5.74, 6) is 0. The van der Waals surface area contributed by atoms with Gasteiger partial charge in [-0.2, -0.15) is 0 Å². The molecule has 0 heteroatoms. The van der Waals surface area contributed by atoms with E-state index in [-0.39, 0.29) is 0 Å². The largest absolute Gasteiger partial charge is 0.0616 e. The van der Waals surface area contributed by atoms with Gasteiger partial charge in [-0.05, 0) is 146 Å². The summed E-state index contributed by atoms with van der Waals surface area (Å²) in [6.45, 7) is 0.